The van der Waals surface area contributed by atoms with E-state index in [4.69, 9.17) is 28.2 Å². The van der Waals surface area contributed by atoms with Crippen LogP contribution < -0.4 is 16.1 Å². The first-order valence-electron chi connectivity index (χ1n) is 10.5. The van der Waals surface area contributed by atoms with Crippen LogP contribution >= 0.6 is 23.2 Å². The molecule has 4 rings (SSSR count). The zero-order chi connectivity index (χ0) is 21.8. The zero-order valence-corrected chi connectivity index (χ0v) is 18.9. The lowest BCUT2D eigenvalue weighted by Gasteiger charge is -2.15. The van der Waals surface area contributed by atoms with Crippen molar-refractivity contribution in [3.05, 3.63) is 57.9 Å². The predicted molar refractivity (Wildman–Crippen MR) is 130 cm³/mol. The molecule has 0 radical (unpaired) electrons. The van der Waals surface area contributed by atoms with Gasteiger partial charge in [0.15, 0.2) is 5.65 Å². The van der Waals surface area contributed by atoms with Crippen LogP contribution in [0, 0.1) is 0 Å². The highest BCUT2D eigenvalue weighted by Crippen LogP contribution is 2.30. The van der Waals surface area contributed by atoms with Crippen molar-refractivity contribution in [2.45, 2.75) is 32.1 Å². The van der Waals surface area contributed by atoms with Crippen LogP contribution in [-0.2, 0) is 4.79 Å². The van der Waals surface area contributed by atoms with Crippen molar-refractivity contribution in [2.75, 3.05) is 18.4 Å². The highest BCUT2D eigenvalue weighted by Gasteiger charge is 2.16. The summed E-state index contributed by atoms with van der Waals surface area (Å²) in [5.74, 6) is 0.759. The monoisotopic (exact) mass is 455 g/mol. The van der Waals surface area contributed by atoms with Crippen LogP contribution in [0.25, 0.3) is 11.2 Å². The van der Waals surface area contributed by atoms with Crippen LogP contribution in [0.1, 0.15) is 37.8 Å². The van der Waals surface area contributed by atoms with E-state index < -0.39 is 0 Å². The third-order valence-electron chi connectivity index (χ3n) is 5.36. The van der Waals surface area contributed by atoms with Gasteiger partial charge >= 0.3 is 0 Å². The van der Waals surface area contributed by atoms with Gasteiger partial charge in [0.05, 0.1) is 5.69 Å². The quantitative estimate of drug-likeness (QED) is 0.497. The fourth-order valence-electron chi connectivity index (χ4n) is 3.67. The summed E-state index contributed by atoms with van der Waals surface area (Å²) in [6.45, 7) is 1.23. The first kappa shape index (κ1) is 21.7. The maximum atomic E-state index is 12.3. The number of hydrogen-bond donors (Lipinski definition) is 2. The molecule has 31 heavy (non-hydrogen) atoms. The zero-order valence-electron chi connectivity index (χ0n) is 17.4. The molecule has 2 N–H and O–H groups in total. The number of halogens is 2. The average molecular weight is 456 g/mol. The van der Waals surface area contributed by atoms with Crippen LogP contribution in [-0.4, -0.2) is 41.4 Å². The number of carbonyl (C=O) groups excluding carboxylic acids is 1. The van der Waals surface area contributed by atoms with Gasteiger partial charge in [-0.2, -0.15) is 9.61 Å². The van der Waals surface area contributed by atoms with E-state index in [1.54, 1.807) is 16.8 Å². The molecule has 0 saturated carbocycles. The topological polar surface area (TPSA) is 71.3 Å². The van der Waals surface area contributed by atoms with E-state index in [0.29, 0.717) is 30.1 Å². The molecule has 2 heterocycles. The van der Waals surface area contributed by atoms with Gasteiger partial charge in [-0.15, -0.1) is 0 Å². The molecule has 2 aliphatic rings. The second-order valence-corrected chi connectivity index (χ2v) is 8.52. The number of hydrogen-bond acceptors (Lipinski definition) is 4. The third kappa shape index (κ3) is 4.88. The van der Waals surface area contributed by atoms with E-state index in [1.807, 2.05) is 26.1 Å². The number of carbonyl (C=O) groups is 1. The van der Waals surface area contributed by atoms with Crippen LogP contribution in [0.4, 0.5) is 5.82 Å². The molecular formula is C22H24BCl2N5O. The highest BCUT2D eigenvalue weighted by molar-refractivity contribution is 6.36. The summed E-state index contributed by atoms with van der Waals surface area (Å²) < 4.78 is 1.80. The lowest BCUT2D eigenvalue weighted by molar-refractivity contribution is -0.117. The SMILES string of the molecule is Bc1cnn2c(NCCCNC(=O)C3=C(Cl)C=CCC3)cc(C3=C(Cl)CCC=C3)nc12. The summed E-state index contributed by atoms with van der Waals surface area (Å²) in [5, 5.41) is 12.2. The summed E-state index contributed by atoms with van der Waals surface area (Å²) in [6, 6.07) is 1.98. The van der Waals surface area contributed by atoms with Gasteiger partial charge in [0.2, 0.25) is 5.91 Å². The van der Waals surface area contributed by atoms with E-state index in [-0.39, 0.29) is 5.91 Å². The predicted octanol–water partition coefficient (Wildman–Crippen LogP) is 3.05. The van der Waals surface area contributed by atoms with E-state index in [1.165, 1.54) is 0 Å². The Morgan fingerprint density at radius 2 is 1.97 bits per heavy atom. The smallest absolute Gasteiger partial charge is 0.248 e. The summed E-state index contributed by atoms with van der Waals surface area (Å²) in [5.41, 5.74) is 4.25. The van der Waals surface area contributed by atoms with Gasteiger partial charge in [-0.3, -0.25) is 4.79 Å². The first-order valence-corrected chi connectivity index (χ1v) is 11.3. The molecule has 0 fully saturated rings. The van der Waals surface area contributed by atoms with Crippen LogP contribution in [0.2, 0.25) is 0 Å². The van der Waals surface area contributed by atoms with Gasteiger partial charge in [0.25, 0.3) is 0 Å². The Labute approximate surface area is 192 Å². The number of amides is 1. The van der Waals surface area contributed by atoms with Gasteiger partial charge < -0.3 is 10.6 Å². The number of fused-ring (bicyclic) bond motifs is 1. The van der Waals surface area contributed by atoms with Crippen molar-refractivity contribution in [1.29, 1.82) is 0 Å². The normalized spacial score (nSPS) is 16.3. The van der Waals surface area contributed by atoms with E-state index in [2.05, 4.69) is 21.8 Å². The molecule has 2 aromatic rings. The summed E-state index contributed by atoms with van der Waals surface area (Å²) in [6.07, 6.45) is 13.8. The van der Waals surface area contributed by atoms with Crippen molar-refractivity contribution in [2.24, 2.45) is 0 Å². The molecule has 6 nitrogen and oxygen atoms in total. The maximum absolute atomic E-state index is 12.3. The molecule has 0 unspecified atom stereocenters. The molecule has 9 heteroatoms. The average Bonchev–Trinajstić information content (AvgIpc) is 3.15. The van der Waals surface area contributed by atoms with Gasteiger partial charge in [0, 0.05) is 46.6 Å². The minimum absolute atomic E-state index is 0.0868. The van der Waals surface area contributed by atoms with E-state index in [0.717, 1.165) is 58.9 Å². The Morgan fingerprint density at radius 1 is 1.16 bits per heavy atom. The molecule has 1 amide bonds. The van der Waals surface area contributed by atoms with Crippen LogP contribution in [0.3, 0.4) is 0 Å². The fraction of sp³-hybridized carbons (Fsp3) is 0.318. The highest BCUT2D eigenvalue weighted by atomic mass is 35.5. The second-order valence-electron chi connectivity index (χ2n) is 7.65. The minimum Gasteiger partial charge on any atom is -0.370 e. The third-order valence-corrected chi connectivity index (χ3v) is 6.11. The fourth-order valence-corrected chi connectivity index (χ4v) is 4.21. The molecule has 0 spiro atoms. The lowest BCUT2D eigenvalue weighted by atomic mass is 10.00. The Kier molecular flexibility index (Phi) is 6.83. The van der Waals surface area contributed by atoms with Crippen molar-refractivity contribution in [3.8, 4) is 0 Å². The van der Waals surface area contributed by atoms with Crippen molar-refractivity contribution < 1.29 is 4.79 Å². The van der Waals surface area contributed by atoms with Crippen molar-refractivity contribution in [1.82, 2.24) is 19.9 Å². The largest absolute Gasteiger partial charge is 0.370 e. The van der Waals surface area contributed by atoms with Gasteiger partial charge in [0.1, 0.15) is 13.7 Å². The number of anilines is 1. The van der Waals surface area contributed by atoms with Gasteiger partial charge in [-0.25, -0.2) is 4.98 Å². The molecule has 0 bridgehead atoms. The number of allylic oxidation sites excluding steroid dienone is 7. The number of nitrogens with one attached hydrogen (secondary N) is 2. The Morgan fingerprint density at radius 3 is 2.77 bits per heavy atom. The lowest BCUT2D eigenvalue weighted by Crippen LogP contribution is -2.28. The first-order chi connectivity index (χ1) is 15.0. The standard InChI is InChI=1S/C22H24BCl2N5O/c23-16-13-28-30-20(12-19(29-21(16)30)14-6-1-3-8-17(14)24)26-10-5-11-27-22(31)15-7-2-4-9-18(15)25/h1,4,6,9,12-13,26H,2-3,5,7-8,10-11,23H2,(H,27,31). The number of aromatic nitrogens is 3. The molecular weight excluding hydrogens is 432 g/mol. The molecule has 2 aromatic heterocycles. The Bertz CT molecular complexity index is 1130. The summed E-state index contributed by atoms with van der Waals surface area (Å²) in [4.78, 5) is 17.1. The van der Waals surface area contributed by atoms with E-state index >= 15 is 0 Å². The van der Waals surface area contributed by atoms with Gasteiger partial charge in [-0.1, -0.05) is 41.4 Å². The summed E-state index contributed by atoms with van der Waals surface area (Å²) in [7, 11) is 1.99. The molecule has 160 valence electrons. The molecule has 0 aliphatic heterocycles. The Balaban J connectivity index is 1.42. The Hall–Kier alpha value is -2.51. The molecule has 2 aliphatic carbocycles. The van der Waals surface area contributed by atoms with E-state index in [9.17, 15) is 4.79 Å². The van der Waals surface area contributed by atoms with Crippen molar-refractivity contribution >= 4 is 59.5 Å². The number of rotatable bonds is 7. The maximum Gasteiger partial charge on any atom is 0.248 e. The summed E-state index contributed by atoms with van der Waals surface area (Å²) >= 11 is 12.6. The minimum atomic E-state index is -0.0868. The molecule has 0 saturated heterocycles. The van der Waals surface area contributed by atoms with Crippen LogP contribution in [0.15, 0.2) is 52.2 Å². The van der Waals surface area contributed by atoms with Crippen molar-refractivity contribution in [3.63, 3.8) is 0 Å². The molecule has 0 atom stereocenters. The second kappa shape index (κ2) is 9.75. The van der Waals surface area contributed by atoms with Crippen LogP contribution in [0.5, 0.6) is 0 Å². The molecule has 0 aromatic carbocycles. The number of nitrogens with zero attached hydrogens (tertiary/aromatic N) is 3. The van der Waals surface area contributed by atoms with Gasteiger partial charge in [-0.05, 0) is 43.6 Å².